The van der Waals surface area contributed by atoms with E-state index in [2.05, 4.69) is 5.32 Å². The van der Waals surface area contributed by atoms with Crippen LogP contribution in [-0.4, -0.2) is 30.4 Å². The van der Waals surface area contributed by atoms with Gasteiger partial charge in [-0.15, -0.1) is 0 Å². The van der Waals surface area contributed by atoms with Gasteiger partial charge in [-0.1, -0.05) is 47.8 Å². The molecule has 0 spiro atoms. The van der Waals surface area contributed by atoms with E-state index in [1.54, 1.807) is 48.5 Å². The summed E-state index contributed by atoms with van der Waals surface area (Å²) >= 11 is 6.87. The number of rotatable bonds is 5. The van der Waals surface area contributed by atoms with E-state index < -0.39 is 5.97 Å². The number of methoxy groups -OCH3 is 2. The van der Waals surface area contributed by atoms with E-state index in [0.717, 1.165) is 23.1 Å². The normalized spacial score (nSPS) is 14.5. The number of nitrogens with one attached hydrogen (secondary N) is 1. The number of thioether (sulfide) groups is 1. The first-order valence-electron chi connectivity index (χ1n) is 9.16. The molecule has 1 saturated heterocycles. The van der Waals surface area contributed by atoms with Crippen molar-refractivity contribution in [3.05, 3.63) is 67.3 Å². The Hall–Kier alpha value is -3.21. The molecule has 0 unspecified atom stereocenters. The lowest BCUT2D eigenvalue weighted by atomic mass is 10.1. The highest BCUT2D eigenvalue weighted by Gasteiger charge is 2.23. The van der Waals surface area contributed by atoms with Crippen molar-refractivity contribution in [2.45, 2.75) is 0 Å². The monoisotopic (exact) mass is 485 g/mol. The van der Waals surface area contributed by atoms with Gasteiger partial charge in [-0.3, -0.25) is 9.59 Å². The number of esters is 1. The lowest BCUT2D eigenvalue weighted by molar-refractivity contribution is 0.0739. The van der Waals surface area contributed by atoms with Crippen molar-refractivity contribution in [1.29, 1.82) is 0 Å². The Balaban J connectivity index is 1.69. The molecule has 1 N–H and O–H groups in total. The Morgan fingerprint density at radius 2 is 1.84 bits per heavy atom. The van der Waals surface area contributed by atoms with Crippen LogP contribution in [0.5, 0.6) is 17.2 Å². The number of benzene rings is 2. The predicted octanol–water partition coefficient (Wildman–Crippen LogP) is 4.62. The van der Waals surface area contributed by atoms with Crippen LogP contribution in [0.3, 0.4) is 0 Å². The molecule has 1 fully saturated rings. The molecule has 3 aromatic rings. The third-order valence-corrected chi connectivity index (χ3v) is 6.70. The molecule has 1 aliphatic heterocycles. The highest BCUT2D eigenvalue weighted by atomic mass is 32.2. The Morgan fingerprint density at radius 3 is 2.53 bits per heavy atom. The number of carbonyl (C=O) groups excluding carboxylic acids is 2. The largest absolute Gasteiger partial charge is 0.493 e. The first-order valence-corrected chi connectivity index (χ1v) is 11.2. The zero-order valence-electron chi connectivity index (χ0n) is 16.8. The number of fused-ring (bicyclic) bond motifs is 1. The minimum absolute atomic E-state index is 0.139. The quantitative estimate of drug-likeness (QED) is 0.242. The van der Waals surface area contributed by atoms with E-state index >= 15 is 0 Å². The molecule has 0 atom stereocenters. The maximum absolute atomic E-state index is 12.9. The zero-order valence-corrected chi connectivity index (χ0v) is 19.2. The second-order valence-corrected chi connectivity index (χ2v) is 8.88. The molecule has 7 nitrogen and oxygen atoms in total. The number of ether oxygens (including phenoxy) is 3. The van der Waals surface area contributed by atoms with Gasteiger partial charge in [-0.05, 0) is 41.4 Å². The van der Waals surface area contributed by atoms with Gasteiger partial charge in [-0.25, -0.2) is 4.79 Å². The van der Waals surface area contributed by atoms with Crippen LogP contribution in [-0.2, 0) is 0 Å². The molecular formula is C22H15NO6S3. The molecule has 2 aromatic carbocycles. The average molecular weight is 486 g/mol. The van der Waals surface area contributed by atoms with Crippen molar-refractivity contribution in [2.75, 3.05) is 14.2 Å². The Bertz CT molecular complexity index is 1360. The molecule has 0 radical (unpaired) electrons. The number of hydrogen-bond donors (Lipinski definition) is 1. The summed E-state index contributed by atoms with van der Waals surface area (Å²) in [6, 6.07) is 11.8. The molecule has 10 heteroatoms. The molecule has 1 amide bonds. The standard InChI is InChI=1S/C22H15NO6S3/c1-27-14-8-7-12-10-16(31-21(25)17(12)18(14)28-2)20(24)29-13-6-4-3-5-11(13)9-15-19(30)23-22(26)32-15/h3-10H,1-2H3,(H,23,26,30)/b15-9-. The smallest absolute Gasteiger partial charge is 0.353 e. The van der Waals surface area contributed by atoms with Crippen LogP contribution in [0.15, 0.2) is 52.2 Å². The summed E-state index contributed by atoms with van der Waals surface area (Å²) in [7, 11) is 2.94. The fraction of sp³-hybridized carbons (Fsp3) is 0.0909. The second-order valence-electron chi connectivity index (χ2n) is 6.44. The predicted molar refractivity (Wildman–Crippen MR) is 129 cm³/mol. The number of carbonyl (C=O) groups is 2. The Morgan fingerprint density at radius 1 is 1.06 bits per heavy atom. The molecular weight excluding hydrogens is 470 g/mol. The Labute approximate surface area is 196 Å². The highest BCUT2D eigenvalue weighted by Crippen LogP contribution is 2.35. The summed E-state index contributed by atoms with van der Waals surface area (Å²) in [6.45, 7) is 0. The lowest BCUT2D eigenvalue weighted by Crippen LogP contribution is -2.16. The first-order chi connectivity index (χ1) is 15.4. The van der Waals surface area contributed by atoms with Crippen molar-refractivity contribution in [3.63, 3.8) is 0 Å². The van der Waals surface area contributed by atoms with Crippen molar-refractivity contribution < 1.29 is 23.8 Å². The van der Waals surface area contributed by atoms with Gasteiger partial charge in [0.25, 0.3) is 5.24 Å². The average Bonchev–Trinajstić information content (AvgIpc) is 3.10. The summed E-state index contributed by atoms with van der Waals surface area (Å²) in [5.41, 5.74) is 0.571. The Kier molecular flexibility index (Phi) is 6.26. The molecule has 4 rings (SSSR count). The summed E-state index contributed by atoms with van der Waals surface area (Å²) in [5, 5.41) is 3.15. The highest BCUT2D eigenvalue weighted by molar-refractivity contribution is 8.19. The fourth-order valence-electron chi connectivity index (χ4n) is 3.10. The number of amides is 1. The topological polar surface area (TPSA) is 90.9 Å². The SMILES string of the molecule is COc1ccc2cc(C(=O)Oc3ccccc3/C=C3\SC(=O)NC3=S)sc(=O)c2c1OC. The molecule has 1 aromatic heterocycles. The van der Waals surface area contributed by atoms with Crippen LogP contribution in [0.1, 0.15) is 15.2 Å². The van der Waals surface area contributed by atoms with Crippen LogP contribution in [0, 0.1) is 0 Å². The van der Waals surface area contributed by atoms with Crippen molar-refractivity contribution in [1.82, 2.24) is 5.32 Å². The summed E-state index contributed by atoms with van der Waals surface area (Å²) in [5.74, 6) is 0.346. The van der Waals surface area contributed by atoms with Gasteiger partial charge in [0, 0.05) is 5.56 Å². The molecule has 2 heterocycles. The van der Waals surface area contributed by atoms with Gasteiger partial charge in [0.05, 0.1) is 24.5 Å². The molecule has 0 bridgehead atoms. The number of para-hydroxylation sites is 1. The van der Waals surface area contributed by atoms with Crippen LogP contribution >= 0.6 is 35.3 Å². The molecule has 0 aliphatic carbocycles. The lowest BCUT2D eigenvalue weighted by Gasteiger charge is -2.11. The van der Waals surface area contributed by atoms with Crippen molar-refractivity contribution >= 4 is 68.4 Å². The number of thiocarbonyl (C=S) groups is 1. The van der Waals surface area contributed by atoms with Crippen molar-refractivity contribution in [2.24, 2.45) is 0 Å². The van der Waals surface area contributed by atoms with Crippen LogP contribution in [0.25, 0.3) is 16.8 Å². The van der Waals surface area contributed by atoms with Gasteiger partial charge in [0.1, 0.15) is 15.6 Å². The molecule has 1 aliphatic rings. The maximum atomic E-state index is 12.9. The van der Waals surface area contributed by atoms with Crippen LogP contribution in [0.4, 0.5) is 4.79 Å². The van der Waals surface area contributed by atoms with Crippen LogP contribution in [0.2, 0.25) is 0 Å². The van der Waals surface area contributed by atoms with E-state index in [1.165, 1.54) is 14.2 Å². The maximum Gasteiger partial charge on any atom is 0.353 e. The minimum Gasteiger partial charge on any atom is -0.493 e. The van der Waals surface area contributed by atoms with E-state index in [0.29, 0.717) is 37.7 Å². The van der Waals surface area contributed by atoms with E-state index in [4.69, 9.17) is 26.4 Å². The molecule has 32 heavy (non-hydrogen) atoms. The van der Waals surface area contributed by atoms with Gasteiger partial charge in [-0.2, -0.15) is 0 Å². The fourth-order valence-corrected chi connectivity index (χ4v) is 4.95. The molecule has 162 valence electrons. The van der Waals surface area contributed by atoms with Gasteiger partial charge in [0.15, 0.2) is 11.5 Å². The van der Waals surface area contributed by atoms with Gasteiger partial charge >= 0.3 is 5.97 Å². The van der Waals surface area contributed by atoms with Gasteiger partial charge in [0.2, 0.25) is 4.74 Å². The number of hydrogen-bond acceptors (Lipinski definition) is 9. The van der Waals surface area contributed by atoms with Gasteiger partial charge < -0.3 is 19.5 Å². The summed E-state index contributed by atoms with van der Waals surface area (Å²) in [4.78, 5) is 38.2. The van der Waals surface area contributed by atoms with E-state index in [9.17, 15) is 14.4 Å². The van der Waals surface area contributed by atoms with Crippen molar-refractivity contribution in [3.8, 4) is 17.2 Å². The molecule has 0 saturated carbocycles. The summed E-state index contributed by atoms with van der Waals surface area (Å²) < 4.78 is 15.8. The third kappa shape index (κ3) is 4.24. The second kappa shape index (κ2) is 9.11. The minimum atomic E-state index is -0.675. The first kappa shape index (κ1) is 22.0. The van der Waals surface area contributed by atoms with E-state index in [-0.39, 0.29) is 20.6 Å². The zero-order chi connectivity index (χ0) is 22.8. The van der Waals surface area contributed by atoms with E-state index in [1.807, 2.05) is 0 Å². The van der Waals surface area contributed by atoms with Crippen LogP contribution < -0.4 is 24.3 Å². The summed E-state index contributed by atoms with van der Waals surface area (Å²) in [6.07, 6.45) is 1.67. The third-order valence-electron chi connectivity index (χ3n) is 4.52.